The number of carbonyl (C=O) groups is 1. The molecule has 1 fully saturated rings. The molecule has 0 atom stereocenters. The fraction of sp³-hybridized carbons (Fsp3) is 0.500. The molecule has 1 aromatic carbocycles. The van der Waals surface area contributed by atoms with Crippen LogP contribution in [-0.2, 0) is 4.79 Å². The second kappa shape index (κ2) is 9.12. The third-order valence-corrected chi connectivity index (χ3v) is 4.17. The number of nitrogens with one attached hydrogen (secondary N) is 1. The van der Waals surface area contributed by atoms with Crippen molar-refractivity contribution < 1.29 is 14.3 Å². The van der Waals surface area contributed by atoms with Gasteiger partial charge in [-0.05, 0) is 50.5 Å². The van der Waals surface area contributed by atoms with Gasteiger partial charge in [0.15, 0.2) is 11.5 Å². The van der Waals surface area contributed by atoms with Gasteiger partial charge in [0.1, 0.15) is 11.6 Å². The van der Waals surface area contributed by atoms with Crippen LogP contribution in [0.1, 0.15) is 51.5 Å². The maximum atomic E-state index is 12.4. The summed E-state index contributed by atoms with van der Waals surface area (Å²) in [6.07, 6.45) is 7.07. The molecule has 134 valence electrons. The van der Waals surface area contributed by atoms with Gasteiger partial charge in [-0.2, -0.15) is 5.26 Å². The van der Waals surface area contributed by atoms with Gasteiger partial charge in [0.05, 0.1) is 13.2 Å². The number of amides is 1. The van der Waals surface area contributed by atoms with Gasteiger partial charge in [0.2, 0.25) is 0 Å². The summed E-state index contributed by atoms with van der Waals surface area (Å²) in [5.41, 5.74) is 0.827. The van der Waals surface area contributed by atoms with Gasteiger partial charge in [-0.1, -0.05) is 25.3 Å². The highest BCUT2D eigenvalue weighted by Crippen LogP contribution is 2.29. The van der Waals surface area contributed by atoms with Crippen molar-refractivity contribution in [1.29, 1.82) is 5.26 Å². The number of hydrogen-bond acceptors (Lipinski definition) is 4. The number of hydrogen-bond donors (Lipinski definition) is 1. The molecule has 25 heavy (non-hydrogen) atoms. The lowest BCUT2D eigenvalue weighted by Gasteiger charge is -2.22. The van der Waals surface area contributed by atoms with Crippen LogP contribution in [-0.4, -0.2) is 25.2 Å². The van der Waals surface area contributed by atoms with E-state index in [0.29, 0.717) is 11.5 Å². The molecule has 1 aromatic rings. The molecule has 0 aliphatic heterocycles. The van der Waals surface area contributed by atoms with Gasteiger partial charge in [0.25, 0.3) is 5.91 Å². The van der Waals surface area contributed by atoms with E-state index in [9.17, 15) is 10.1 Å². The molecule has 1 aliphatic rings. The van der Waals surface area contributed by atoms with Crippen LogP contribution >= 0.6 is 0 Å². The standard InChI is InChI=1S/C20H26N2O3/c1-14(2)25-18-10-9-15(12-19(18)24-3)11-16(13-21)20(23)22-17-7-5-4-6-8-17/h9-12,14,17H,4-8H2,1-3H3,(H,22,23)/b16-11-. The van der Waals surface area contributed by atoms with Crippen molar-refractivity contribution in [2.45, 2.75) is 58.1 Å². The Kier molecular flexibility index (Phi) is 6.88. The van der Waals surface area contributed by atoms with Gasteiger partial charge >= 0.3 is 0 Å². The maximum Gasteiger partial charge on any atom is 0.262 e. The fourth-order valence-electron chi connectivity index (χ4n) is 2.95. The topological polar surface area (TPSA) is 71.3 Å². The first-order chi connectivity index (χ1) is 12.0. The molecule has 0 aromatic heterocycles. The van der Waals surface area contributed by atoms with Crippen LogP contribution in [0.3, 0.4) is 0 Å². The summed E-state index contributed by atoms with van der Waals surface area (Å²) in [5.74, 6) is 0.906. The fourth-order valence-corrected chi connectivity index (χ4v) is 2.95. The molecular formula is C20H26N2O3. The normalized spacial score (nSPS) is 15.6. The SMILES string of the molecule is COc1cc(/C=C(/C#N)C(=O)NC2CCCCC2)ccc1OC(C)C. The lowest BCUT2D eigenvalue weighted by molar-refractivity contribution is -0.117. The van der Waals surface area contributed by atoms with E-state index in [-0.39, 0.29) is 23.6 Å². The lowest BCUT2D eigenvalue weighted by atomic mass is 9.95. The molecule has 0 saturated heterocycles. The minimum absolute atomic E-state index is 0.0335. The summed E-state index contributed by atoms with van der Waals surface area (Å²) in [6, 6.07) is 7.54. The van der Waals surface area contributed by atoms with Crippen molar-refractivity contribution in [3.8, 4) is 17.6 Å². The van der Waals surface area contributed by atoms with Crippen LogP contribution in [0.2, 0.25) is 0 Å². The Morgan fingerprint density at radius 2 is 2.00 bits per heavy atom. The van der Waals surface area contributed by atoms with Crippen molar-refractivity contribution in [2.24, 2.45) is 0 Å². The molecule has 0 bridgehead atoms. The van der Waals surface area contributed by atoms with Gasteiger partial charge < -0.3 is 14.8 Å². The van der Waals surface area contributed by atoms with E-state index in [4.69, 9.17) is 9.47 Å². The summed E-state index contributed by atoms with van der Waals surface area (Å²) in [5, 5.41) is 12.3. The van der Waals surface area contributed by atoms with Crippen molar-refractivity contribution >= 4 is 12.0 Å². The Balaban J connectivity index is 2.15. The van der Waals surface area contributed by atoms with Crippen LogP contribution in [0.25, 0.3) is 6.08 Å². The average molecular weight is 342 g/mol. The highest BCUT2D eigenvalue weighted by atomic mass is 16.5. The largest absolute Gasteiger partial charge is 0.493 e. The Labute approximate surface area is 149 Å². The van der Waals surface area contributed by atoms with Crippen molar-refractivity contribution in [3.05, 3.63) is 29.3 Å². The van der Waals surface area contributed by atoms with E-state index >= 15 is 0 Å². The van der Waals surface area contributed by atoms with Gasteiger partial charge in [-0.15, -0.1) is 0 Å². The summed E-state index contributed by atoms with van der Waals surface area (Å²) in [7, 11) is 1.57. The molecule has 1 aliphatic carbocycles. The molecule has 0 heterocycles. The summed E-state index contributed by atoms with van der Waals surface area (Å²) in [4.78, 5) is 12.4. The first-order valence-electron chi connectivity index (χ1n) is 8.81. The molecule has 5 heteroatoms. The van der Waals surface area contributed by atoms with Crippen LogP contribution in [0.5, 0.6) is 11.5 Å². The Morgan fingerprint density at radius 1 is 1.28 bits per heavy atom. The predicted molar refractivity (Wildman–Crippen MR) is 97.4 cm³/mol. The molecule has 0 radical (unpaired) electrons. The van der Waals surface area contributed by atoms with Gasteiger partial charge in [-0.3, -0.25) is 4.79 Å². The first-order valence-corrected chi connectivity index (χ1v) is 8.81. The van der Waals surface area contributed by atoms with E-state index in [1.54, 1.807) is 25.3 Å². The lowest BCUT2D eigenvalue weighted by Crippen LogP contribution is -2.36. The van der Waals surface area contributed by atoms with Crippen molar-refractivity contribution in [2.75, 3.05) is 7.11 Å². The zero-order valence-corrected chi connectivity index (χ0v) is 15.2. The molecule has 5 nitrogen and oxygen atoms in total. The molecule has 1 saturated carbocycles. The molecule has 0 unspecified atom stereocenters. The number of rotatable bonds is 6. The second-order valence-corrected chi connectivity index (χ2v) is 6.56. The quantitative estimate of drug-likeness (QED) is 0.630. The Hall–Kier alpha value is -2.48. The minimum atomic E-state index is -0.309. The minimum Gasteiger partial charge on any atom is -0.493 e. The number of nitriles is 1. The molecule has 2 rings (SSSR count). The van der Waals surface area contributed by atoms with Crippen molar-refractivity contribution in [1.82, 2.24) is 5.32 Å². The van der Waals surface area contributed by atoms with Crippen LogP contribution in [0.4, 0.5) is 0 Å². The summed E-state index contributed by atoms with van der Waals surface area (Å²) < 4.78 is 11.0. The monoisotopic (exact) mass is 342 g/mol. The van der Waals surface area contributed by atoms with Crippen LogP contribution < -0.4 is 14.8 Å². The highest BCUT2D eigenvalue weighted by Gasteiger charge is 2.18. The first kappa shape index (κ1) is 18.9. The Morgan fingerprint density at radius 3 is 2.60 bits per heavy atom. The van der Waals surface area contributed by atoms with Crippen molar-refractivity contribution in [3.63, 3.8) is 0 Å². The van der Waals surface area contributed by atoms with E-state index in [0.717, 1.165) is 31.2 Å². The number of benzene rings is 1. The number of ether oxygens (including phenoxy) is 2. The highest BCUT2D eigenvalue weighted by molar-refractivity contribution is 6.01. The number of nitrogens with zero attached hydrogens (tertiary/aromatic N) is 1. The van der Waals surface area contributed by atoms with Gasteiger partial charge in [0, 0.05) is 6.04 Å². The number of carbonyl (C=O) groups excluding carboxylic acids is 1. The second-order valence-electron chi connectivity index (χ2n) is 6.56. The summed E-state index contributed by atoms with van der Waals surface area (Å²) in [6.45, 7) is 3.88. The smallest absolute Gasteiger partial charge is 0.262 e. The zero-order valence-electron chi connectivity index (χ0n) is 15.2. The number of methoxy groups -OCH3 is 1. The van der Waals surface area contributed by atoms with E-state index in [2.05, 4.69) is 5.32 Å². The summed E-state index contributed by atoms with van der Waals surface area (Å²) >= 11 is 0. The Bertz CT molecular complexity index is 668. The zero-order chi connectivity index (χ0) is 18.2. The van der Waals surface area contributed by atoms with E-state index in [1.165, 1.54) is 6.42 Å². The van der Waals surface area contributed by atoms with E-state index in [1.807, 2.05) is 26.0 Å². The molecular weight excluding hydrogens is 316 g/mol. The predicted octanol–water partition coefficient (Wildman–Crippen LogP) is 3.84. The third-order valence-electron chi connectivity index (χ3n) is 4.17. The van der Waals surface area contributed by atoms with Gasteiger partial charge in [-0.25, -0.2) is 0 Å². The molecule has 0 spiro atoms. The van der Waals surface area contributed by atoms with E-state index < -0.39 is 0 Å². The molecule has 1 amide bonds. The van der Waals surface area contributed by atoms with Crippen LogP contribution in [0, 0.1) is 11.3 Å². The van der Waals surface area contributed by atoms with Crippen LogP contribution in [0.15, 0.2) is 23.8 Å². The average Bonchev–Trinajstić information content (AvgIpc) is 2.61. The molecule has 1 N–H and O–H groups in total. The third kappa shape index (κ3) is 5.53. The maximum absolute atomic E-state index is 12.4.